The Labute approximate surface area is 174 Å². The van der Waals surface area contributed by atoms with Crippen molar-refractivity contribution in [3.8, 4) is 0 Å². The van der Waals surface area contributed by atoms with Gasteiger partial charge in [-0.15, -0.1) is 0 Å². The van der Waals surface area contributed by atoms with Crippen LogP contribution in [0.4, 0.5) is 0 Å². The van der Waals surface area contributed by atoms with Crippen LogP contribution in [-0.4, -0.2) is 27.0 Å². The Bertz CT molecular complexity index is 866. The minimum absolute atomic E-state index is 0.0374. The maximum atomic E-state index is 12.2. The van der Waals surface area contributed by atoms with E-state index in [1.54, 1.807) is 12.1 Å². The Morgan fingerprint density at radius 2 is 1.64 bits per heavy atom. The molecule has 28 heavy (non-hydrogen) atoms. The van der Waals surface area contributed by atoms with Gasteiger partial charge in [0, 0.05) is 24.0 Å². The number of rotatable bonds is 10. The summed E-state index contributed by atoms with van der Waals surface area (Å²) in [5.41, 5.74) is 2.04. The minimum atomic E-state index is -3.62. The molecule has 0 aromatic heterocycles. The lowest BCUT2D eigenvalue weighted by molar-refractivity contribution is -0.121. The molecule has 0 spiro atoms. The second kappa shape index (κ2) is 10.7. The van der Waals surface area contributed by atoms with Gasteiger partial charge in [0.15, 0.2) is 0 Å². The molecule has 0 unspecified atom stereocenters. The zero-order valence-electron chi connectivity index (χ0n) is 15.9. The molecular weight excluding hydrogens is 444 g/mol. The molecule has 6 nitrogen and oxygen atoms in total. The van der Waals surface area contributed by atoms with Crippen LogP contribution in [0.1, 0.15) is 31.4 Å². The van der Waals surface area contributed by atoms with Crippen LogP contribution in [0.3, 0.4) is 0 Å². The molecular formula is C20H25BrN2O4S. The predicted octanol–water partition coefficient (Wildman–Crippen LogP) is 3.36. The number of benzene rings is 2. The maximum absolute atomic E-state index is 12.2. The molecule has 0 radical (unpaired) electrons. The smallest absolute Gasteiger partial charge is 0.240 e. The fraction of sp³-hybridized carbons (Fsp3) is 0.350. The van der Waals surface area contributed by atoms with Crippen molar-refractivity contribution < 1.29 is 17.9 Å². The molecule has 2 aromatic carbocycles. The lowest BCUT2D eigenvalue weighted by Gasteiger charge is -2.09. The van der Waals surface area contributed by atoms with Crippen molar-refractivity contribution in [3.05, 3.63) is 64.1 Å². The van der Waals surface area contributed by atoms with Crippen LogP contribution in [0.15, 0.2) is 57.9 Å². The van der Waals surface area contributed by atoms with E-state index in [2.05, 4.69) is 26.0 Å². The zero-order valence-corrected chi connectivity index (χ0v) is 18.3. The summed E-state index contributed by atoms with van der Waals surface area (Å²) in [6.07, 6.45) is 0.246. The Morgan fingerprint density at radius 1 is 1.04 bits per heavy atom. The number of amides is 1. The van der Waals surface area contributed by atoms with Gasteiger partial charge in [-0.3, -0.25) is 4.79 Å². The third kappa shape index (κ3) is 7.71. The highest BCUT2D eigenvalue weighted by Gasteiger charge is 2.13. The summed E-state index contributed by atoms with van der Waals surface area (Å²) in [5.74, 6) is -0.217. The number of ether oxygens (including phenoxy) is 1. The second-order valence-corrected chi connectivity index (χ2v) is 9.24. The van der Waals surface area contributed by atoms with E-state index in [1.807, 2.05) is 38.1 Å². The first-order valence-electron chi connectivity index (χ1n) is 8.97. The highest BCUT2D eigenvalue weighted by Crippen LogP contribution is 2.14. The Hall–Kier alpha value is -1.74. The van der Waals surface area contributed by atoms with Crippen molar-refractivity contribution in [2.24, 2.45) is 0 Å². The number of halogens is 1. The number of carbonyl (C=O) groups is 1. The van der Waals surface area contributed by atoms with Gasteiger partial charge in [0.2, 0.25) is 15.9 Å². The molecule has 152 valence electrons. The lowest BCUT2D eigenvalue weighted by Crippen LogP contribution is -2.30. The summed E-state index contributed by atoms with van der Waals surface area (Å²) in [6, 6.07) is 14.1. The van der Waals surface area contributed by atoms with Gasteiger partial charge in [0.25, 0.3) is 0 Å². The van der Waals surface area contributed by atoms with E-state index >= 15 is 0 Å². The van der Waals surface area contributed by atoms with Crippen molar-refractivity contribution in [3.63, 3.8) is 0 Å². The van der Waals surface area contributed by atoms with Gasteiger partial charge >= 0.3 is 0 Å². The number of hydrogen-bond donors (Lipinski definition) is 2. The van der Waals surface area contributed by atoms with E-state index < -0.39 is 10.0 Å². The van der Waals surface area contributed by atoms with Crippen molar-refractivity contribution in [2.45, 2.75) is 44.4 Å². The first kappa shape index (κ1) is 22.5. The molecule has 0 aliphatic heterocycles. The monoisotopic (exact) mass is 468 g/mol. The molecule has 2 rings (SSSR count). The molecule has 0 fully saturated rings. The van der Waals surface area contributed by atoms with Crippen LogP contribution in [0.5, 0.6) is 0 Å². The molecule has 2 N–H and O–H groups in total. The van der Waals surface area contributed by atoms with Crippen LogP contribution < -0.4 is 10.0 Å². The molecule has 0 heterocycles. The molecule has 0 saturated carbocycles. The molecule has 0 saturated heterocycles. The van der Waals surface area contributed by atoms with Crippen LogP contribution >= 0.6 is 15.9 Å². The SMILES string of the molecule is CC(C)OCc1ccc(CNC(=O)CCNS(=O)(=O)c2ccc(Br)cc2)cc1. The Kier molecular flexibility index (Phi) is 8.62. The molecule has 0 atom stereocenters. The number of hydrogen-bond acceptors (Lipinski definition) is 4. The minimum Gasteiger partial charge on any atom is -0.374 e. The quantitative estimate of drug-likeness (QED) is 0.559. The van der Waals surface area contributed by atoms with Gasteiger partial charge in [-0.05, 0) is 49.2 Å². The number of sulfonamides is 1. The molecule has 0 aliphatic rings. The van der Waals surface area contributed by atoms with Crippen LogP contribution in [-0.2, 0) is 32.7 Å². The van der Waals surface area contributed by atoms with Gasteiger partial charge in [-0.25, -0.2) is 13.1 Å². The zero-order chi connectivity index (χ0) is 20.6. The fourth-order valence-corrected chi connectivity index (χ4v) is 3.60. The molecule has 1 amide bonds. The van der Waals surface area contributed by atoms with Crippen molar-refractivity contribution in [1.29, 1.82) is 0 Å². The van der Waals surface area contributed by atoms with E-state index in [1.165, 1.54) is 12.1 Å². The Morgan fingerprint density at radius 3 is 2.25 bits per heavy atom. The van der Waals surface area contributed by atoms with Gasteiger partial charge in [0.05, 0.1) is 17.6 Å². The van der Waals surface area contributed by atoms with Crippen LogP contribution in [0.25, 0.3) is 0 Å². The standard InChI is InChI=1S/C20H25BrN2O4S/c1-15(2)27-14-17-5-3-16(4-6-17)13-22-20(24)11-12-23-28(25,26)19-9-7-18(21)8-10-19/h3-10,15,23H,11-14H2,1-2H3,(H,22,24). The van der Waals surface area contributed by atoms with E-state index in [4.69, 9.17) is 4.74 Å². The third-order valence-electron chi connectivity index (χ3n) is 3.86. The molecule has 0 aliphatic carbocycles. The summed E-state index contributed by atoms with van der Waals surface area (Å²) in [5, 5.41) is 2.79. The first-order valence-corrected chi connectivity index (χ1v) is 11.3. The topological polar surface area (TPSA) is 84.5 Å². The predicted molar refractivity (Wildman–Crippen MR) is 112 cm³/mol. The average Bonchev–Trinajstić information content (AvgIpc) is 2.65. The van der Waals surface area contributed by atoms with Gasteiger partial charge in [-0.2, -0.15) is 0 Å². The Balaban J connectivity index is 1.73. The molecule has 0 bridgehead atoms. The van der Waals surface area contributed by atoms with Crippen LogP contribution in [0.2, 0.25) is 0 Å². The van der Waals surface area contributed by atoms with Crippen molar-refractivity contribution >= 4 is 31.9 Å². The van der Waals surface area contributed by atoms with E-state index in [0.29, 0.717) is 13.2 Å². The summed E-state index contributed by atoms with van der Waals surface area (Å²) < 4.78 is 33.1. The number of nitrogens with one attached hydrogen (secondary N) is 2. The van der Waals surface area contributed by atoms with Crippen molar-refractivity contribution in [1.82, 2.24) is 10.0 Å². The van der Waals surface area contributed by atoms with Gasteiger partial charge < -0.3 is 10.1 Å². The highest BCUT2D eigenvalue weighted by atomic mass is 79.9. The lowest BCUT2D eigenvalue weighted by atomic mass is 10.1. The summed E-state index contributed by atoms with van der Waals surface area (Å²) in [4.78, 5) is 12.1. The average molecular weight is 469 g/mol. The third-order valence-corrected chi connectivity index (χ3v) is 5.87. The summed E-state index contributed by atoms with van der Waals surface area (Å²) >= 11 is 3.26. The number of carbonyl (C=O) groups excluding carboxylic acids is 1. The van der Waals surface area contributed by atoms with E-state index in [9.17, 15) is 13.2 Å². The second-order valence-electron chi connectivity index (χ2n) is 6.55. The van der Waals surface area contributed by atoms with Crippen molar-refractivity contribution in [2.75, 3.05) is 6.54 Å². The summed E-state index contributed by atoms with van der Waals surface area (Å²) in [6.45, 7) is 4.97. The summed E-state index contributed by atoms with van der Waals surface area (Å²) in [7, 11) is -3.62. The largest absolute Gasteiger partial charge is 0.374 e. The van der Waals surface area contributed by atoms with E-state index in [0.717, 1.165) is 15.6 Å². The molecule has 8 heteroatoms. The fourth-order valence-electron chi connectivity index (χ4n) is 2.30. The maximum Gasteiger partial charge on any atom is 0.240 e. The normalized spacial score (nSPS) is 11.6. The van der Waals surface area contributed by atoms with E-state index in [-0.39, 0.29) is 29.9 Å². The first-order chi connectivity index (χ1) is 13.3. The molecule has 2 aromatic rings. The highest BCUT2D eigenvalue weighted by molar-refractivity contribution is 9.10. The van der Waals surface area contributed by atoms with Crippen LogP contribution in [0, 0.1) is 0 Å². The van der Waals surface area contributed by atoms with Gasteiger partial charge in [0.1, 0.15) is 0 Å². The van der Waals surface area contributed by atoms with Gasteiger partial charge in [-0.1, -0.05) is 40.2 Å².